The molecule has 2 amide bonds. The lowest BCUT2D eigenvalue weighted by Gasteiger charge is -2.23. The summed E-state index contributed by atoms with van der Waals surface area (Å²) < 4.78 is 0. The van der Waals surface area contributed by atoms with Gasteiger partial charge in [-0.15, -0.1) is 0 Å². The fourth-order valence-corrected chi connectivity index (χ4v) is 2.66. The number of hydrogen-bond donors (Lipinski definition) is 1. The number of aryl methyl sites for hydroxylation is 1. The average molecular weight is 290 g/mol. The molecule has 1 aliphatic rings. The fourth-order valence-electron chi connectivity index (χ4n) is 2.66. The lowest BCUT2D eigenvalue weighted by Crippen LogP contribution is -2.41. The van der Waals surface area contributed by atoms with Crippen LogP contribution in [-0.4, -0.2) is 48.1 Å². The van der Waals surface area contributed by atoms with Crippen molar-refractivity contribution in [2.45, 2.75) is 20.3 Å². The molecule has 0 spiro atoms. The number of anilines is 1. The van der Waals surface area contributed by atoms with Crippen molar-refractivity contribution in [3.8, 4) is 0 Å². The number of nitrogens with zero attached hydrogens (tertiary/aromatic N) is 2. The third kappa shape index (κ3) is 3.24. The highest BCUT2D eigenvalue weighted by atomic mass is 16.3. The summed E-state index contributed by atoms with van der Waals surface area (Å²) in [6.45, 7) is 5.12. The molecule has 1 aromatic carbocycles. The Morgan fingerprint density at radius 2 is 2.05 bits per heavy atom. The zero-order valence-corrected chi connectivity index (χ0v) is 12.6. The smallest absolute Gasteiger partial charge is 0.239 e. The number of amides is 2. The molecule has 0 saturated carbocycles. The lowest BCUT2D eigenvalue weighted by molar-refractivity contribution is -0.140. The normalized spacial score (nSPS) is 18.1. The summed E-state index contributed by atoms with van der Waals surface area (Å²) in [6.07, 6.45) is 0.535. The van der Waals surface area contributed by atoms with Gasteiger partial charge in [-0.3, -0.25) is 9.59 Å². The van der Waals surface area contributed by atoms with Gasteiger partial charge in [-0.1, -0.05) is 17.7 Å². The molecular formula is C16H22N2O3. The van der Waals surface area contributed by atoms with E-state index in [2.05, 4.69) is 0 Å². The Morgan fingerprint density at radius 1 is 1.38 bits per heavy atom. The van der Waals surface area contributed by atoms with Crippen LogP contribution in [0.5, 0.6) is 0 Å². The number of benzene rings is 1. The summed E-state index contributed by atoms with van der Waals surface area (Å²) in [4.78, 5) is 28.1. The maximum absolute atomic E-state index is 12.5. The van der Waals surface area contributed by atoms with Gasteiger partial charge >= 0.3 is 0 Å². The number of likely N-dealkylation sites (N-methyl/N-ethyl adjacent to an activating group) is 1. The van der Waals surface area contributed by atoms with Crippen molar-refractivity contribution in [2.24, 2.45) is 5.92 Å². The molecule has 1 atom stereocenters. The first-order chi connectivity index (χ1) is 10.1. The van der Waals surface area contributed by atoms with Crippen LogP contribution in [0, 0.1) is 12.8 Å². The highest BCUT2D eigenvalue weighted by molar-refractivity contribution is 6.09. The van der Waals surface area contributed by atoms with Gasteiger partial charge in [0.05, 0.1) is 6.61 Å². The van der Waals surface area contributed by atoms with E-state index in [0.29, 0.717) is 19.5 Å². The molecule has 0 radical (unpaired) electrons. The minimum Gasteiger partial charge on any atom is -0.395 e. The Balaban J connectivity index is 2.10. The van der Waals surface area contributed by atoms with Crippen molar-refractivity contribution < 1.29 is 14.7 Å². The molecule has 2 rings (SSSR count). The van der Waals surface area contributed by atoms with Gasteiger partial charge in [-0.05, 0) is 32.4 Å². The van der Waals surface area contributed by atoms with E-state index in [1.54, 1.807) is 9.80 Å². The Hall–Kier alpha value is -1.88. The summed E-state index contributed by atoms with van der Waals surface area (Å²) in [6, 6.07) is 7.74. The molecule has 5 nitrogen and oxygen atoms in total. The summed E-state index contributed by atoms with van der Waals surface area (Å²) in [5.74, 6) is -0.927. The standard InChI is InChI=1S/C16H22N2O3/c1-3-17(10-11-19)15(20)14-8-9-18(16(14)21)13-6-4-12(2)5-7-13/h4-7,14,19H,3,8-11H2,1-2H3. The third-order valence-corrected chi connectivity index (χ3v) is 3.91. The number of aliphatic hydroxyl groups excluding tert-OH is 1. The van der Waals surface area contributed by atoms with Crippen LogP contribution in [0.4, 0.5) is 5.69 Å². The van der Waals surface area contributed by atoms with Crippen LogP contribution in [-0.2, 0) is 9.59 Å². The van der Waals surface area contributed by atoms with E-state index in [0.717, 1.165) is 11.3 Å². The van der Waals surface area contributed by atoms with Crippen molar-refractivity contribution >= 4 is 17.5 Å². The Kier molecular flexibility index (Phi) is 4.96. The molecule has 0 aromatic heterocycles. The van der Waals surface area contributed by atoms with Gasteiger partial charge in [0.15, 0.2) is 0 Å². The Bertz CT molecular complexity index is 513. The molecule has 5 heteroatoms. The van der Waals surface area contributed by atoms with Gasteiger partial charge in [0.2, 0.25) is 11.8 Å². The van der Waals surface area contributed by atoms with Crippen molar-refractivity contribution in [1.82, 2.24) is 4.90 Å². The zero-order chi connectivity index (χ0) is 15.4. The molecule has 1 aliphatic heterocycles. The molecule has 1 fully saturated rings. The van der Waals surface area contributed by atoms with Gasteiger partial charge in [0.1, 0.15) is 5.92 Å². The summed E-state index contributed by atoms with van der Waals surface area (Å²) >= 11 is 0. The van der Waals surface area contributed by atoms with Crippen molar-refractivity contribution in [3.63, 3.8) is 0 Å². The summed E-state index contributed by atoms with van der Waals surface area (Å²) in [5, 5.41) is 8.99. The molecule has 0 bridgehead atoms. The van der Waals surface area contributed by atoms with Crippen molar-refractivity contribution in [3.05, 3.63) is 29.8 Å². The molecule has 1 unspecified atom stereocenters. The van der Waals surface area contributed by atoms with Crippen molar-refractivity contribution in [2.75, 3.05) is 31.1 Å². The molecule has 1 heterocycles. The van der Waals surface area contributed by atoms with Crippen LogP contribution < -0.4 is 4.90 Å². The van der Waals surface area contributed by atoms with E-state index in [9.17, 15) is 9.59 Å². The van der Waals surface area contributed by atoms with Crippen LogP contribution in [0.2, 0.25) is 0 Å². The van der Waals surface area contributed by atoms with E-state index >= 15 is 0 Å². The predicted octanol–water partition coefficient (Wildman–Crippen LogP) is 1.19. The number of hydrogen-bond acceptors (Lipinski definition) is 3. The topological polar surface area (TPSA) is 60.9 Å². The molecule has 114 valence electrons. The van der Waals surface area contributed by atoms with E-state index < -0.39 is 5.92 Å². The summed E-state index contributed by atoms with van der Waals surface area (Å²) in [5.41, 5.74) is 1.98. The van der Waals surface area contributed by atoms with Crippen LogP contribution >= 0.6 is 0 Å². The molecular weight excluding hydrogens is 268 g/mol. The fraction of sp³-hybridized carbons (Fsp3) is 0.500. The number of rotatable bonds is 5. The minimum atomic E-state index is -0.613. The number of aliphatic hydroxyl groups is 1. The molecule has 0 aliphatic carbocycles. The quantitative estimate of drug-likeness (QED) is 0.829. The van der Waals surface area contributed by atoms with E-state index in [-0.39, 0.29) is 25.0 Å². The molecule has 1 saturated heterocycles. The number of carbonyl (C=O) groups is 2. The van der Waals surface area contributed by atoms with Crippen LogP contribution in [0.1, 0.15) is 18.9 Å². The number of carbonyl (C=O) groups excluding carboxylic acids is 2. The average Bonchev–Trinajstić information content (AvgIpc) is 2.86. The summed E-state index contributed by atoms with van der Waals surface area (Å²) in [7, 11) is 0. The maximum atomic E-state index is 12.5. The van der Waals surface area contributed by atoms with Gasteiger partial charge < -0.3 is 14.9 Å². The van der Waals surface area contributed by atoms with E-state index in [4.69, 9.17) is 5.11 Å². The SMILES string of the molecule is CCN(CCO)C(=O)C1CCN(c2ccc(C)cc2)C1=O. The van der Waals surface area contributed by atoms with E-state index in [1.807, 2.05) is 38.1 Å². The highest BCUT2D eigenvalue weighted by Crippen LogP contribution is 2.26. The van der Waals surface area contributed by atoms with E-state index in [1.165, 1.54) is 0 Å². The third-order valence-electron chi connectivity index (χ3n) is 3.91. The minimum absolute atomic E-state index is 0.0812. The second-order valence-electron chi connectivity index (χ2n) is 5.31. The molecule has 1 N–H and O–H groups in total. The predicted molar refractivity (Wildman–Crippen MR) is 81.0 cm³/mol. The first-order valence-electron chi connectivity index (χ1n) is 7.36. The lowest BCUT2D eigenvalue weighted by atomic mass is 10.1. The Labute approximate surface area is 125 Å². The van der Waals surface area contributed by atoms with Crippen LogP contribution in [0.3, 0.4) is 0 Å². The monoisotopic (exact) mass is 290 g/mol. The Morgan fingerprint density at radius 3 is 2.62 bits per heavy atom. The zero-order valence-electron chi connectivity index (χ0n) is 12.6. The van der Waals surface area contributed by atoms with Gasteiger partial charge in [0.25, 0.3) is 0 Å². The second-order valence-corrected chi connectivity index (χ2v) is 5.31. The van der Waals surface area contributed by atoms with Crippen LogP contribution in [0.15, 0.2) is 24.3 Å². The second kappa shape index (κ2) is 6.72. The van der Waals surface area contributed by atoms with Crippen LogP contribution in [0.25, 0.3) is 0 Å². The van der Waals surface area contributed by atoms with Gasteiger partial charge in [0, 0.05) is 25.3 Å². The van der Waals surface area contributed by atoms with Crippen molar-refractivity contribution in [1.29, 1.82) is 0 Å². The highest BCUT2D eigenvalue weighted by Gasteiger charge is 2.39. The largest absolute Gasteiger partial charge is 0.395 e. The van der Waals surface area contributed by atoms with Gasteiger partial charge in [-0.2, -0.15) is 0 Å². The molecule has 21 heavy (non-hydrogen) atoms. The first kappa shape index (κ1) is 15.5. The molecule has 1 aromatic rings. The van der Waals surface area contributed by atoms with Gasteiger partial charge in [-0.25, -0.2) is 0 Å². The maximum Gasteiger partial charge on any atom is 0.239 e. The first-order valence-corrected chi connectivity index (χ1v) is 7.36.